The molecule has 1 N–H and O–H groups in total. The summed E-state index contributed by atoms with van der Waals surface area (Å²) in [6.07, 6.45) is 5.24. The van der Waals surface area contributed by atoms with Gasteiger partial charge in [-0.3, -0.25) is 0 Å². The number of para-hydroxylation sites is 2. The molecule has 0 aliphatic heterocycles. The van der Waals surface area contributed by atoms with Gasteiger partial charge in [-0.2, -0.15) is 0 Å². The van der Waals surface area contributed by atoms with Crippen molar-refractivity contribution in [2.45, 2.75) is 52.4 Å². The van der Waals surface area contributed by atoms with Gasteiger partial charge in [0.05, 0.1) is 11.0 Å². The van der Waals surface area contributed by atoms with Crippen molar-refractivity contribution in [2.24, 2.45) is 11.3 Å². The molecule has 0 bridgehead atoms. The zero-order valence-corrected chi connectivity index (χ0v) is 12.2. The molecule has 1 heterocycles. The van der Waals surface area contributed by atoms with Crippen LogP contribution in [0.1, 0.15) is 58.2 Å². The molecule has 2 nitrogen and oxygen atoms in total. The Morgan fingerprint density at radius 3 is 2.37 bits per heavy atom. The Balaban J connectivity index is 1.74. The Labute approximate surface area is 115 Å². The fraction of sp³-hybridized carbons (Fsp3) is 0.588. The highest BCUT2D eigenvalue weighted by Gasteiger charge is 2.31. The van der Waals surface area contributed by atoms with Gasteiger partial charge in [0.15, 0.2) is 0 Å². The highest BCUT2D eigenvalue weighted by Crippen LogP contribution is 2.42. The Kier molecular flexibility index (Phi) is 3.12. The third-order valence-electron chi connectivity index (χ3n) is 4.75. The number of benzene rings is 1. The van der Waals surface area contributed by atoms with Crippen LogP contribution in [0.15, 0.2) is 24.3 Å². The summed E-state index contributed by atoms with van der Waals surface area (Å²) in [6.45, 7) is 7.12. The van der Waals surface area contributed by atoms with Gasteiger partial charge < -0.3 is 4.98 Å². The quantitative estimate of drug-likeness (QED) is 0.773. The summed E-state index contributed by atoms with van der Waals surface area (Å²) in [5, 5.41) is 0. The maximum Gasteiger partial charge on any atom is 0.110 e. The standard InChI is InChI=1S/C17H24N2/c1-17(2,3)13-10-8-12(9-11-13)16-18-14-6-4-5-7-15(14)19-16/h4-7,12-13H,8-11H2,1-3H3,(H,18,19)/t12-,13+. The van der Waals surface area contributed by atoms with Crippen LogP contribution in [0.3, 0.4) is 0 Å². The van der Waals surface area contributed by atoms with E-state index in [1.54, 1.807) is 0 Å². The summed E-state index contributed by atoms with van der Waals surface area (Å²) in [7, 11) is 0. The number of aromatic nitrogens is 2. The second kappa shape index (κ2) is 4.66. The van der Waals surface area contributed by atoms with E-state index < -0.39 is 0 Å². The van der Waals surface area contributed by atoms with E-state index in [2.05, 4.69) is 50.0 Å². The van der Waals surface area contributed by atoms with Crippen LogP contribution >= 0.6 is 0 Å². The second-order valence-corrected chi connectivity index (χ2v) is 7.05. The molecule has 2 aromatic rings. The van der Waals surface area contributed by atoms with Crippen molar-refractivity contribution >= 4 is 11.0 Å². The van der Waals surface area contributed by atoms with Crippen molar-refractivity contribution < 1.29 is 0 Å². The van der Waals surface area contributed by atoms with Crippen LogP contribution in [0.2, 0.25) is 0 Å². The minimum absolute atomic E-state index is 0.457. The van der Waals surface area contributed by atoms with Crippen molar-refractivity contribution in [2.75, 3.05) is 0 Å². The highest BCUT2D eigenvalue weighted by molar-refractivity contribution is 5.74. The number of hydrogen-bond donors (Lipinski definition) is 1. The number of fused-ring (bicyclic) bond motifs is 1. The lowest BCUT2D eigenvalue weighted by atomic mass is 9.70. The summed E-state index contributed by atoms with van der Waals surface area (Å²) < 4.78 is 0. The van der Waals surface area contributed by atoms with Crippen LogP contribution < -0.4 is 0 Å². The fourth-order valence-corrected chi connectivity index (χ4v) is 3.40. The van der Waals surface area contributed by atoms with E-state index >= 15 is 0 Å². The zero-order chi connectivity index (χ0) is 13.5. The molecule has 3 rings (SSSR count). The minimum Gasteiger partial charge on any atom is -0.342 e. The molecule has 0 saturated heterocycles. The molecule has 1 aromatic carbocycles. The lowest BCUT2D eigenvalue weighted by molar-refractivity contribution is 0.167. The number of hydrogen-bond acceptors (Lipinski definition) is 1. The number of imidazole rings is 1. The van der Waals surface area contributed by atoms with Crippen LogP contribution in [0, 0.1) is 11.3 Å². The fourth-order valence-electron chi connectivity index (χ4n) is 3.40. The third-order valence-corrected chi connectivity index (χ3v) is 4.75. The first kappa shape index (κ1) is 12.7. The average Bonchev–Trinajstić information content (AvgIpc) is 2.81. The predicted octanol–water partition coefficient (Wildman–Crippen LogP) is 4.88. The number of nitrogens with one attached hydrogen (secondary N) is 1. The average molecular weight is 256 g/mol. The summed E-state index contributed by atoms with van der Waals surface area (Å²) in [4.78, 5) is 8.28. The maximum atomic E-state index is 4.77. The molecule has 0 radical (unpaired) electrons. The Morgan fingerprint density at radius 2 is 1.74 bits per heavy atom. The maximum absolute atomic E-state index is 4.77. The number of rotatable bonds is 1. The van der Waals surface area contributed by atoms with Crippen LogP contribution in [0.25, 0.3) is 11.0 Å². The minimum atomic E-state index is 0.457. The number of H-pyrrole nitrogens is 1. The van der Waals surface area contributed by atoms with Crippen molar-refractivity contribution in [1.82, 2.24) is 9.97 Å². The summed E-state index contributed by atoms with van der Waals surface area (Å²) in [5.41, 5.74) is 2.74. The van der Waals surface area contributed by atoms with Gasteiger partial charge >= 0.3 is 0 Å². The molecule has 0 amide bonds. The lowest BCUT2D eigenvalue weighted by Gasteiger charge is -2.36. The lowest BCUT2D eigenvalue weighted by Crippen LogP contribution is -2.25. The van der Waals surface area contributed by atoms with Gasteiger partial charge in [-0.15, -0.1) is 0 Å². The predicted molar refractivity (Wildman–Crippen MR) is 80.2 cm³/mol. The van der Waals surface area contributed by atoms with Crippen LogP contribution in [0.4, 0.5) is 0 Å². The summed E-state index contributed by atoms with van der Waals surface area (Å²) >= 11 is 0. The van der Waals surface area contributed by atoms with Gasteiger partial charge in [0, 0.05) is 5.92 Å². The largest absolute Gasteiger partial charge is 0.342 e. The smallest absolute Gasteiger partial charge is 0.110 e. The van der Waals surface area contributed by atoms with E-state index in [1.807, 2.05) is 0 Å². The molecule has 1 fully saturated rings. The van der Waals surface area contributed by atoms with Crippen LogP contribution in [-0.2, 0) is 0 Å². The molecule has 0 atom stereocenters. The topological polar surface area (TPSA) is 28.7 Å². The number of nitrogens with zero attached hydrogens (tertiary/aromatic N) is 1. The van der Waals surface area contributed by atoms with Gasteiger partial charge in [0.25, 0.3) is 0 Å². The second-order valence-electron chi connectivity index (χ2n) is 7.05. The van der Waals surface area contributed by atoms with Gasteiger partial charge in [-0.25, -0.2) is 4.98 Å². The molecule has 1 aliphatic carbocycles. The van der Waals surface area contributed by atoms with Crippen molar-refractivity contribution in [3.05, 3.63) is 30.1 Å². The molecular formula is C17H24N2. The SMILES string of the molecule is CC(C)(C)[C@H]1CC[C@@H](c2nc3ccccc3[nH]2)CC1. The first-order chi connectivity index (χ1) is 9.04. The molecule has 0 spiro atoms. The zero-order valence-electron chi connectivity index (χ0n) is 12.2. The van der Waals surface area contributed by atoms with E-state index in [4.69, 9.17) is 4.98 Å². The molecule has 1 saturated carbocycles. The molecule has 0 unspecified atom stereocenters. The Bertz CT molecular complexity index is 521. The Morgan fingerprint density at radius 1 is 1.05 bits per heavy atom. The van der Waals surface area contributed by atoms with Crippen molar-refractivity contribution in [3.8, 4) is 0 Å². The van der Waals surface area contributed by atoms with Crippen LogP contribution in [-0.4, -0.2) is 9.97 Å². The molecule has 102 valence electrons. The van der Waals surface area contributed by atoms with E-state index in [0.717, 1.165) is 11.4 Å². The monoisotopic (exact) mass is 256 g/mol. The first-order valence-electron chi connectivity index (χ1n) is 7.48. The summed E-state index contributed by atoms with van der Waals surface area (Å²) in [6, 6.07) is 8.34. The third kappa shape index (κ3) is 2.54. The molecule has 1 aromatic heterocycles. The van der Waals surface area contributed by atoms with Gasteiger partial charge in [-0.1, -0.05) is 32.9 Å². The van der Waals surface area contributed by atoms with E-state index in [1.165, 1.54) is 37.0 Å². The van der Waals surface area contributed by atoms with Gasteiger partial charge in [0.1, 0.15) is 5.82 Å². The number of aromatic amines is 1. The highest BCUT2D eigenvalue weighted by atomic mass is 14.9. The van der Waals surface area contributed by atoms with Crippen molar-refractivity contribution in [3.63, 3.8) is 0 Å². The molecular weight excluding hydrogens is 232 g/mol. The molecule has 19 heavy (non-hydrogen) atoms. The van der Waals surface area contributed by atoms with Gasteiger partial charge in [0.2, 0.25) is 0 Å². The first-order valence-corrected chi connectivity index (χ1v) is 7.48. The molecule has 1 aliphatic rings. The van der Waals surface area contributed by atoms with E-state index in [9.17, 15) is 0 Å². The van der Waals surface area contributed by atoms with E-state index in [0.29, 0.717) is 11.3 Å². The van der Waals surface area contributed by atoms with Gasteiger partial charge in [-0.05, 0) is 49.1 Å². The summed E-state index contributed by atoms with van der Waals surface area (Å²) in [5.74, 6) is 2.70. The molecule has 2 heteroatoms. The van der Waals surface area contributed by atoms with E-state index in [-0.39, 0.29) is 0 Å². The Hall–Kier alpha value is -1.31. The normalized spacial score (nSPS) is 24.8. The van der Waals surface area contributed by atoms with Crippen LogP contribution in [0.5, 0.6) is 0 Å². The van der Waals surface area contributed by atoms with Crippen molar-refractivity contribution in [1.29, 1.82) is 0 Å².